The number of hydrogen-bond acceptors (Lipinski definition) is 6. The molecule has 6 nitrogen and oxygen atoms in total. The van der Waals surface area contributed by atoms with Gasteiger partial charge in [0.05, 0.1) is 0 Å². The van der Waals surface area contributed by atoms with Crippen molar-refractivity contribution in [3.63, 3.8) is 0 Å². The van der Waals surface area contributed by atoms with Gasteiger partial charge in [0.15, 0.2) is 6.10 Å². The highest BCUT2D eigenvalue weighted by Gasteiger charge is 2.19. The molecule has 0 amide bonds. The van der Waals surface area contributed by atoms with Crippen LogP contribution >= 0.6 is 0 Å². The summed E-state index contributed by atoms with van der Waals surface area (Å²) in [5.74, 6) is -0.934. The van der Waals surface area contributed by atoms with E-state index in [1.165, 1.54) is 128 Å². The SMILES string of the molecule is CC/C=C\C/C=C\C/C=C\C/C=C\C/C=C\C/C=C\C/C=C\C/C=C\C/C=C\CCCCCC(=O)OCC(COC(=O)CCCCCCC/C=C\C/C=C\CCCCC)OC(=O)CCCCCCCCCCCCCCCCCCCCC. The minimum atomic E-state index is -0.802. The molecule has 0 radical (unpaired) electrons. The van der Waals surface area contributed by atoms with Crippen molar-refractivity contribution in [1.29, 1.82) is 0 Å². The van der Waals surface area contributed by atoms with Crippen LogP contribution in [0.25, 0.3) is 0 Å². The summed E-state index contributed by atoms with van der Waals surface area (Å²) in [6.45, 7) is 6.49. The molecule has 0 aliphatic heterocycles. The van der Waals surface area contributed by atoms with Gasteiger partial charge in [0.25, 0.3) is 0 Å². The molecular formula is C77H128O6. The van der Waals surface area contributed by atoms with E-state index in [9.17, 15) is 14.4 Å². The average molecular weight is 1150 g/mol. The van der Waals surface area contributed by atoms with E-state index >= 15 is 0 Å². The highest BCUT2D eigenvalue weighted by atomic mass is 16.6. The van der Waals surface area contributed by atoms with Crippen LogP contribution in [-0.4, -0.2) is 37.2 Å². The van der Waals surface area contributed by atoms with Crippen molar-refractivity contribution in [2.45, 2.75) is 322 Å². The van der Waals surface area contributed by atoms with Crippen LogP contribution in [0.5, 0.6) is 0 Å². The molecule has 0 rings (SSSR count). The van der Waals surface area contributed by atoms with Gasteiger partial charge in [-0.05, 0) is 122 Å². The lowest BCUT2D eigenvalue weighted by Gasteiger charge is -2.18. The molecule has 83 heavy (non-hydrogen) atoms. The van der Waals surface area contributed by atoms with Crippen molar-refractivity contribution in [2.24, 2.45) is 0 Å². The van der Waals surface area contributed by atoms with Gasteiger partial charge in [-0.1, -0.05) is 309 Å². The highest BCUT2D eigenvalue weighted by molar-refractivity contribution is 5.71. The summed E-state index contributed by atoms with van der Waals surface area (Å²) in [5.41, 5.74) is 0. The molecule has 472 valence electrons. The first kappa shape index (κ1) is 78.5. The van der Waals surface area contributed by atoms with Crippen molar-refractivity contribution in [2.75, 3.05) is 13.2 Å². The molecule has 0 spiro atoms. The Hall–Kier alpha value is -4.45. The largest absolute Gasteiger partial charge is 0.462 e. The number of carbonyl (C=O) groups is 3. The average Bonchev–Trinajstić information content (AvgIpc) is 3.49. The van der Waals surface area contributed by atoms with Crippen molar-refractivity contribution >= 4 is 17.9 Å². The molecule has 0 saturated carbocycles. The van der Waals surface area contributed by atoms with E-state index in [1.54, 1.807) is 0 Å². The second kappa shape index (κ2) is 70.0. The summed E-state index contributed by atoms with van der Waals surface area (Å²) < 4.78 is 16.9. The molecule has 0 aromatic carbocycles. The summed E-state index contributed by atoms with van der Waals surface area (Å²) in [6, 6.07) is 0. The fraction of sp³-hybridized carbons (Fsp3) is 0.675. The smallest absolute Gasteiger partial charge is 0.306 e. The number of rotatable bonds is 62. The van der Waals surface area contributed by atoms with Gasteiger partial charge < -0.3 is 14.2 Å². The summed E-state index contributed by atoms with van der Waals surface area (Å²) in [6.07, 6.45) is 98.9. The van der Waals surface area contributed by atoms with Gasteiger partial charge >= 0.3 is 17.9 Å². The first-order chi connectivity index (χ1) is 41.0. The summed E-state index contributed by atoms with van der Waals surface area (Å²) in [4.78, 5) is 38.4. The van der Waals surface area contributed by atoms with Crippen LogP contribution in [0.15, 0.2) is 134 Å². The second-order valence-electron chi connectivity index (χ2n) is 22.7. The Morgan fingerprint density at radius 2 is 0.470 bits per heavy atom. The molecule has 0 bridgehead atoms. The molecule has 0 aromatic rings. The zero-order valence-electron chi connectivity index (χ0n) is 54.2. The number of hydrogen-bond donors (Lipinski definition) is 0. The van der Waals surface area contributed by atoms with Gasteiger partial charge in [-0.3, -0.25) is 14.4 Å². The normalized spacial score (nSPS) is 13.0. The predicted octanol–water partition coefficient (Wildman–Crippen LogP) is 24.1. The Morgan fingerprint density at radius 3 is 0.771 bits per heavy atom. The lowest BCUT2D eigenvalue weighted by Crippen LogP contribution is -2.30. The fourth-order valence-electron chi connectivity index (χ4n) is 9.47. The van der Waals surface area contributed by atoms with Crippen LogP contribution in [0.2, 0.25) is 0 Å². The van der Waals surface area contributed by atoms with Gasteiger partial charge in [-0.25, -0.2) is 0 Å². The highest BCUT2D eigenvalue weighted by Crippen LogP contribution is 2.16. The minimum absolute atomic E-state index is 0.0966. The third kappa shape index (κ3) is 68.2. The second-order valence-corrected chi connectivity index (χ2v) is 22.7. The summed E-state index contributed by atoms with van der Waals surface area (Å²) >= 11 is 0. The minimum Gasteiger partial charge on any atom is -0.462 e. The molecule has 1 unspecified atom stereocenters. The van der Waals surface area contributed by atoms with E-state index in [2.05, 4.69) is 154 Å². The maximum atomic E-state index is 12.9. The molecule has 6 heteroatoms. The summed E-state index contributed by atoms with van der Waals surface area (Å²) in [7, 11) is 0. The molecule has 0 saturated heterocycles. The molecule has 1 atom stereocenters. The Morgan fingerprint density at radius 1 is 0.253 bits per heavy atom. The van der Waals surface area contributed by atoms with Gasteiger partial charge in [-0.2, -0.15) is 0 Å². The van der Waals surface area contributed by atoms with Crippen molar-refractivity contribution in [3.8, 4) is 0 Å². The number of unbranched alkanes of at least 4 members (excludes halogenated alkanes) is 29. The van der Waals surface area contributed by atoms with Crippen LogP contribution in [0.4, 0.5) is 0 Å². The first-order valence-corrected chi connectivity index (χ1v) is 34.7. The van der Waals surface area contributed by atoms with Crippen LogP contribution in [0.1, 0.15) is 316 Å². The number of carbonyl (C=O) groups excluding carboxylic acids is 3. The molecule has 0 fully saturated rings. The van der Waals surface area contributed by atoms with Gasteiger partial charge in [-0.15, -0.1) is 0 Å². The van der Waals surface area contributed by atoms with Crippen LogP contribution in [0.3, 0.4) is 0 Å². The number of esters is 3. The molecule has 0 aliphatic carbocycles. The van der Waals surface area contributed by atoms with Gasteiger partial charge in [0, 0.05) is 19.3 Å². The van der Waals surface area contributed by atoms with Gasteiger partial charge in [0.1, 0.15) is 13.2 Å². The fourth-order valence-corrected chi connectivity index (χ4v) is 9.47. The van der Waals surface area contributed by atoms with E-state index in [0.717, 1.165) is 148 Å². The Labute approximate surface area is 513 Å². The Kier molecular flexibility index (Phi) is 66.3. The topological polar surface area (TPSA) is 78.9 Å². The molecular weight excluding hydrogens is 1020 g/mol. The van der Waals surface area contributed by atoms with Crippen molar-refractivity contribution < 1.29 is 28.6 Å². The van der Waals surface area contributed by atoms with Crippen molar-refractivity contribution in [1.82, 2.24) is 0 Å². The number of allylic oxidation sites excluding steroid dienone is 22. The lowest BCUT2D eigenvalue weighted by atomic mass is 10.0. The van der Waals surface area contributed by atoms with E-state index in [1.807, 2.05) is 0 Å². The molecule has 0 aliphatic rings. The van der Waals surface area contributed by atoms with Gasteiger partial charge in [0.2, 0.25) is 0 Å². The third-order valence-corrected chi connectivity index (χ3v) is 14.6. The van der Waals surface area contributed by atoms with E-state index in [4.69, 9.17) is 14.2 Å². The van der Waals surface area contributed by atoms with Crippen LogP contribution < -0.4 is 0 Å². The van der Waals surface area contributed by atoms with Crippen LogP contribution in [0, 0.1) is 0 Å². The maximum absolute atomic E-state index is 12.9. The maximum Gasteiger partial charge on any atom is 0.306 e. The van der Waals surface area contributed by atoms with Crippen LogP contribution in [-0.2, 0) is 28.6 Å². The Bertz CT molecular complexity index is 1750. The first-order valence-electron chi connectivity index (χ1n) is 34.7. The van der Waals surface area contributed by atoms with E-state index in [0.29, 0.717) is 19.3 Å². The molecule has 0 N–H and O–H groups in total. The zero-order valence-corrected chi connectivity index (χ0v) is 54.2. The predicted molar refractivity (Wildman–Crippen MR) is 362 cm³/mol. The van der Waals surface area contributed by atoms with E-state index in [-0.39, 0.29) is 31.1 Å². The van der Waals surface area contributed by atoms with Crippen molar-refractivity contribution in [3.05, 3.63) is 134 Å². The summed E-state index contributed by atoms with van der Waals surface area (Å²) in [5, 5.41) is 0. The quantitative estimate of drug-likeness (QED) is 0.0261. The van der Waals surface area contributed by atoms with E-state index < -0.39 is 6.10 Å². The molecule has 0 aromatic heterocycles. The Balaban J connectivity index is 4.41. The zero-order chi connectivity index (χ0) is 59.9. The lowest BCUT2D eigenvalue weighted by molar-refractivity contribution is -0.167. The standard InChI is InChI=1S/C77H128O6/c1-4-7-10-13-16-19-22-25-28-30-32-33-34-35-36-37-38-39-40-41-42-43-45-46-49-52-55-58-61-64-67-70-76(79)82-73-74(72-81-75(78)69-66-63-60-57-54-51-48-27-24-21-18-15-12-9-6-3)83-77(80)71-68-65-62-59-56-53-50-47-44-31-29-26-23-20-17-14-11-8-5-2/h7,10,16,18-19,21,25,27-28,32-33,35-36,38-39,41-42,45-46,48,52,55,74H,4-6,8-9,11-15,17,20,22-24,26,29-31,34,37,40,43-44,47,49-51,53-54,56-73H2,1-3H3/b10-7-,19-16-,21-18-,28-25-,33-32-,36-35-,39-38-,42-41-,46-45-,48-27-,55-52-. The number of ether oxygens (including phenoxy) is 3. The monoisotopic (exact) mass is 1150 g/mol. The third-order valence-electron chi connectivity index (χ3n) is 14.6. The molecule has 0 heterocycles.